The molecule has 5 nitrogen and oxygen atoms in total. The quantitative estimate of drug-likeness (QED) is 0.299. The molecule has 178 valence electrons. The normalized spacial score (nSPS) is 19.5. The standard InChI is InChI=1S/C29H27FN2O3/c1-2-19-5-7-21(8-6-19)27(33)25-26(20-9-11-22(30)12-10-20)32(29(35)28(25)34)24-15-13-23(14-16-24)31-17-3-4-18-31/h5-16,26,33H,2-4,17-18H2,1H3/b27-25+. The zero-order chi connectivity index (χ0) is 24.5. The first-order valence-electron chi connectivity index (χ1n) is 12.0. The Morgan fingerprint density at radius 3 is 2.09 bits per heavy atom. The molecular weight excluding hydrogens is 443 g/mol. The molecule has 2 heterocycles. The van der Waals surface area contributed by atoms with E-state index in [9.17, 15) is 19.1 Å². The van der Waals surface area contributed by atoms with Crippen LogP contribution in [-0.4, -0.2) is 29.9 Å². The van der Waals surface area contributed by atoms with Gasteiger partial charge in [0, 0.05) is 30.0 Å². The summed E-state index contributed by atoms with van der Waals surface area (Å²) in [5.41, 5.74) is 3.70. The van der Waals surface area contributed by atoms with Crippen LogP contribution in [0.5, 0.6) is 0 Å². The molecule has 1 amide bonds. The number of rotatable bonds is 5. The van der Waals surface area contributed by atoms with Gasteiger partial charge >= 0.3 is 0 Å². The number of benzene rings is 3. The Kier molecular flexibility index (Phi) is 6.12. The lowest BCUT2D eigenvalue weighted by molar-refractivity contribution is -0.132. The second kappa shape index (κ2) is 9.37. The van der Waals surface area contributed by atoms with Crippen LogP contribution in [0.4, 0.5) is 15.8 Å². The maximum absolute atomic E-state index is 13.7. The second-order valence-electron chi connectivity index (χ2n) is 8.98. The lowest BCUT2D eigenvalue weighted by atomic mass is 9.94. The predicted molar refractivity (Wildman–Crippen MR) is 135 cm³/mol. The van der Waals surface area contributed by atoms with Gasteiger partial charge in [-0.2, -0.15) is 0 Å². The van der Waals surface area contributed by atoms with Crippen molar-refractivity contribution in [1.82, 2.24) is 0 Å². The number of aliphatic hydroxyl groups is 1. The fraction of sp³-hybridized carbons (Fsp3) is 0.241. The van der Waals surface area contributed by atoms with Crippen LogP contribution in [0.25, 0.3) is 5.76 Å². The van der Waals surface area contributed by atoms with Gasteiger partial charge in [0.2, 0.25) is 0 Å². The number of hydrogen-bond acceptors (Lipinski definition) is 4. The van der Waals surface area contributed by atoms with Crippen molar-refractivity contribution in [3.05, 3.63) is 101 Å². The van der Waals surface area contributed by atoms with Crippen LogP contribution in [0.2, 0.25) is 0 Å². The molecule has 0 radical (unpaired) electrons. The van der Waals surface area contributed by atoms with Crippen LogP contribution in [0.3, 0.4) is 0 Å². The van der Waals surface area contributed by atoms with Gasteiger partial charge in [0.15, 0.2) is 0 Å². The summed E-state index contributed by atoms with van der Waals surface area (Å²) >= 11 is 0. The molecule has 2 fully saturated rings. The average molecular weight is 471 g/mol. The van der Waals surface area contributed by atoms with Crippen LogP contribution in [0.15, 0.2) is 78.4 Å². The maximum Gasteiger partial charge on any atom is 0.300 e. The molecule has 2 saturated heterocycles. The molecule has 1 atom stereocenters. The van der Waals surface area contributed by atoms with E-state index in [1.807, 2.05) is 43.3 Å². The number of carbonyl (C=O) groups excluding carboxylic acids is 2. The third-order valence-electron chi connectivity index (χ3n) is 6.86. The first-order chi connectivity index (χ1) is 17.0. The van der Waals surface area contributed by atoms with Gasteiger partial charge in [-0.3, -0.25) is 14.5 Å². The SMILES string of the molecule is CCc1ccc(/C(O)=C2\C(=O)C(=O)N(c3ccc(N4CCCC4)cc3)C2c2ccc(F)cc2)cc1. The average Bonchev–Trinajstić information content (AvgIpc) is 3.52. The monoisotopic (exact) mass is 470 g/mol. The van der Waals surface area contributed by atoms with Crippen molar-refractivity contribution in [1.29, 1.82) is 0 Å². The van der Waals surface area contributed by atoms with E-state index < -0.39 is 23.5 Å². The van der Waals surface area contributed by atoms with Crippen LogP contribution in [0.1, 0.15) is 42.5 Å². The lowest BCUT2D eigenvalue weighted by Crippen LogP contribution is -2.29. The summed E-state index contributed by atoms with van der Waals surface area (Å²) in [6, 6.07) is 19.6. The first kappa shape index (κ1) is 22.8. The maximum atomic E-state index is 13.7. The highest BCUT2D eigenvalue weighted by molar-refractivity contribution is 6.51. The first-order valence-corrected chi connectivity index (χ1v) is 12.0. The van der Waals surface area contributed by atoms with E-state index in [2.05, 4.69) is 4.90 Å². The topological polar surface area (TPSA) is 60.9 Å². The van der Waals surface area contributed by atoms with Gasteiger partial charge in [-0.15, -0.1) is 0 Å². The van der Waals surface area contributed by atoms with Crippen molar-refractivity contribution >= 4 is 28.8 Å². The number of anilines is 2. The van der Waals surface area contributed by atoms with E-state index in [1.54, 1.807) is 24.3 Å². The van der Waals surface area contributed by atoms with Gasteiger partial charge in [0.05, 0.1) is 11.6 Å². The largest absolute Gasteiger partial charge is 0.507 e. The molecule has 2 aliphatic heterocycles. The van der Waals surface area contributed by atoms with Crippen LogP contribution in [-0.2, 0) is 16.0 Å². The highest BCUT2D eigenvalue weighted by atomic mass is 19.1. The van der Waals surface area contributed by atoms with Crippen LogP contribution in [0, 0.1) is 5.82 Å². The summed E-state index contributed by atoms with van der Waals surface area (Å²) < 4.78 is 13.7. The van der Waals surface area contributed by atoms with Crippen molar-refractivity contribution in [3.8, 4) is 0 Å². The number of aryl methyl sites for hydroxylation is 1. The highest BCUT2D eigenvalue weighted by Crippen LogP contribution is 2.42. The van der Waals surface area contributed by atoms with Crippen molar-refractivity contribution in [2.24, 2.45) is 0 Å². The number of ketones is 1. The van der Waals surface area contributed by atoms with E-state index in [-0.39, 0.29) is 11.3 Å². The summed E-state index contributed by atoms with van der Waals surface area (Å²) in [4.78, 5) is 30.2. The van der Waals surface area contributed by atoms with Crippen LogP contribution >= 0.6 is 0 Å². The molecule has 0 saturated carbocycles. The second-order valence-corrected chi connectivity index (χ2v) is 8.98. The molecule has 0 aromatic heterocycles. The molecular formula is C29H27FN2O3. The number of amides is 1. The fourth-order valence-corrected chi connectivity index (χ4v) is 4.91. The molecule has 1 unspecified atom stereocenters. The molecule has 0 spiro atoms. The molecule has 0 bridgehead atoms. The summed E-state index contributed by atoms with van der Waals surface area (Å²) in [7, 11) is 0. The molecule has 0 aliphatic carbocycles. The van der Waals surface area contributed by atoms with Crippen molar-refractivity contribution in [3.63, 3.8) is 0 Å². The van der Waals surface area contributed by atoms with E-state index in [0.29, 0.717) is 16.8 Å². The number of halogens is 1. The third-order valence-corrected chi connectivity index (χ3v) is 6.86. The molecule has 2 aliphatic rings. The predicted octanol–water partition coefficient (Wildman–Crippen LogP) is 5.61. The Bertz CT molecular complexity index is 1280. The Balaban J connectivity index is 1.61. The van der Waals surface area contributed by atoms with Gasteiger partial charge in [-0.1, -0.05) is 43.3 Å². The number of aliphatic hydroxyl groups excluding tert-OH is 1. The highest BCUT2D eigenvalue weighted by Gasteiger charge is 2.47. The number of carbonyl (C=O) groups is 2. The third kappa shape index (κ3) is 4.20. The Hall–Kier alpha value is -3.93. The summed E-state index contributed by atoms with van der Waals surface area (Å²) in [6.45, 7) is 4.02. The Labute approximate surface area is 204 Å². The number of hydrogen-bond donors (Lipinski definition) is 1. The van der Waals surface area contributed by atoms with E-state index in [1.165, 1.54) is 17.0 Å². The molecule has 3 aromatic rings. The zero-order valence-corrected chi connectivity index (χ0v) is 19.6. The van der Waals surface area contributed by atoms with Gasteiger partial charge in [0.25, 0.3) is 11.7 Å². The molecule has 6 heteroatoms. The minimum atomic E-state index is -0.876. The molecule has 3 aromatic carbocycles. The Morgan fingerprint density at radius 2 is 1.49 bits per heavy atom. The van der Waals surface area contributed by atoms with E-state index >= 15 is 0 Å². The van der Waals surface area contributed by atoms with Crippen molar-refractivity contribution in [2.75, 3.05) is 22.9 Å². The van der Waals surface area contributed by atoms with E-state index in [0.717, 1.165) is 43.6 Å². The smallest absolute Gasteiger partial charge is 0.300 e. The van der Waals surface area contributed by atoms with Crippen molar-refractivity contribution < 1.29 is 19.1 Å². The van der Waals surface area contributed by atoms with Gasteiger partial charge in [-0.05, 0) is 66.8 Å². The van der Waals surface area contributed by atoms with E-state index in [4.69, 9.17) is 0 Å². The van der Waals surface area contributed by atoms with Crippen LogP contribution < -0.4 is 9.80 Å². The zero-order valence-electron chi connectivity index (χ0n) is 19.6. The van der Waals surface area contributed by atoms with Gasteiger partial charge in [0.1, 0.15) is 11.6 Å². The minimum absolute atomic E-state index is 0.00511. The molecule has 1 N–H and O–H groups in total. The number of nitrogens with zero attached hydrogens (tertiary/aromatic N) is 2. The summed E-state index contributed by atoms with van der Waals surface area (Å²) in [5, 5.41) is 11.2. The van der Waals surface area contributed by atoms with Gasteiger partial charge < -0.3 is 10.0 Å². The summed E-state index contributed by atoms with van der Waals surface area (Å²) in [5.74, 6) is -2.15. The Morgan fingerprint density at radius 1 is 0.886 bits per heavy atom. The minimum Gasteiger partial charge on any atom is -0.507 e. The van der Waals surface area contributed by atoms with Crippen molar-refractivity contribution in [2.45, 2.75) is 32.2 Å². The fourth-order valence-electron chi connectivity index (χ4n) is 4.91. The summed E-state index contributed by atoms with van der Waals surface area (Å²) in [6.07, 6.45) is 3.15. The molecule has 5 rings (SSSR count). The number of Topliss-reactive ketones (excluding diaryl/α,β-unsaturated/α-hetero) is 1. The lowest BCUT2D eigenvalue weighted by Gasteiger charge is -2.26. The molecule has 35 heavy (non-hydrogen) atoms. The van der Waals surface area contributed by atoms with Gasteiger partial charge in [-0.25, -0.2) is 4.39 Å².